The molecule has 3 saturated carbocycles. The molecule has 1 aromatic rings. The molecule has 1 N–H and O–H groups in total. The summed E-state index contributed by atoms with van der Waals surface area (Å²) in [5.41, 5.74) is 0.447. The van der Waals surface area contributed by atoms with Crippen LogP contribution in [-0.4, -0.2) is 59.9 Å². The molecule has 6 fully saturated rings. The summed E-state index contributed by atoms with van der Waals surface area (Å²) in [4.78, 5) is 27.7. The predicted octanol–water partition coefficient (Wildman–Crippen LogP) is 4.03. The predicted molar refractivity (Wildman–Crippen MR) is 141 cm³/mol. The van der Waals surface area contributed by atoms with Crippen LogP contribution in [0, 0.1) is 28.6 Å². The zero-order valence-corrected chi connectivity index (χ0v) is 22.7. The van der Waals surface area contributed by atoms with Gasteiger partial charge in [0.2, 0.25) is 5.91 Å². The number of amides is 2. The van der Waals surface area contributed by atoms with Gasteiger partial charge in [0.25, 0.3) is 0 Å². The Kier molecular flexibility index (Phi) is 6.27. The Labute approximate surface area is 225 Å². The van der Waals surface area contributed by atoms with Gasteiger partial charge in [-0.05, 0) is 74.7 Å². The topological polar surface area (TPSA) is 101 Å². The molecule has 9 heteroatoms. The fraction of sp³-hybridized carbons (Fsp3) is 0.690. The van der Waals surface area contributed by atoms with E-state index in [9.17, 15) is 9.59 Å². The number of alkyl carbamates (subject to hydrolysis) is 1. The molecular weight excluding hydrogens is 481 g/mol. The lowest BCUT2D eigenvalue weighted by molar-refractivity contribution is -0.199. The molecule has 3 unspecified atom stereocenters. The van der Waals surface area contributed by atoms with Crippen LogP contribution in [-0.2, 0) is 25.3 Å². The van der Waals surface area contributed by atoms with Crippen molar-refractivity contribution in [3.8, 4) is 6.07 Å². The second-order valence-electron chi connectivity index (χ2n) is 12.9. The largest absolute Gasteiger partial charge is 0.482 e. The van der Waals surface area contributed by atoms with Crippen LogP contribution >= 0.6 is 0 Å². The van der Waals surface area contributed by atoms with Crippen molar-refractivity contribution in [2.75, 3.05) is 6.61 Å². The second kappa shape index (κ2) is 9.27. The molecule has 2 amide bonds. The Morgan fingerprint density at radius 2 is 1.95 bits per heavy atom. The van der Waals surface area contributed by atoms with Crippen molar-refractivity contribution in [2.24, 2.45) is 17.3 Å². The molecule has 6 aliphatic rings. The third kappa shape index (κ3) is 4.03. The summed E-state index contributed by atoms with van der Waals surface area (Å²) in [7, 11) is -0.567. The van der Waals surface area contributed by atoms with Crippen LogP contribution in [0.1, 0.15) is 71.3 Å². The number of fused-ring (bicyclic) bond motifs is 2. The van der Waals surface area contributed by atoms with Crippen LogP contribution in [0.2, 0.25) is 0 Å². The molecule has 202 valence electrons. The first-order chi connectivity index (χ1) is 18.2. The minimum atomic E-state index is -0.567. The highest BCUT2D eigenvalue weighted by molar-refractivity contribution is 6.47. The fourth-order valence-corrected chi connectivity index (χ4v) is 8.41. The lowest BCUT2D eigenvalue weighted by Gasteiger charge is -2.64. The van der Waals surface area contributed by atoms with Crippen LogP contribution in [0.25, 0.3) is 0 Å². The van der Waals surface area contributed by atoms with Gasteiger partial charge in [0.1, 0.15) is 13.0 Å². The van der Waals surface area contributed by atoms with E-state index in [1.54, 1.807) is 0 Å². The highest BCUT2D eigenvalue weighted by atomic mass is 16.7. The van der Waals surface area contributed by atoms with Crippen molar-refractivity contribution in [1.29, 1.82) is 5.26 Å². The van der Waals surface area contributed by atoms with Crippen LogP contribution in [0.5, 0.6) is 0 Å². The Morgan fingerprint density at radius 1 is 1.21 bits per heavy atom. The third-order valence-corrected chi connectivity index (χ3v) is 10.6. The zero-order valence-electron chi connectivity index (χ0n) is 22.7. The number of hydrogen-bond acceptors (Lipinski definition) is 6. The molecule has 1 aromatic carbocycles. The molecule has 5 atom stereocenters. The molecule has 3 aliphatic heterocycles. The zero-order chi connectivity index (χ0) is 26.7. The number of nitrogens with one attached hydrogen (secondary N) is 1. The molecule has 3 saturated heterocycles. The smallest absolute Gasteiger partial charge is 0.447 e. The van der Waals surface area contributed by atoms with E-state index in [0.717, 1.165) is 37.7 Å². The van der Waals surface area contributed by atoms with Crippen molar-refractivity contribution in [3.05, 3.63) is 35.9 Å². The van der Waals surface area contributed by atoms with Crippen LogP contribution in [0.3, 0.4) is 0 Å². The number of nitriles is 1. The quantitative estimate of drug-likeness (QED) is 0.546. The summed E-state index contributed by atoms with van der Waals surface area (Å²) < 4.78 is 19.0. The number of rotatable bonds is 7. The van der Waals surface area contributed by atoms with E-state index in [1.807, 2.05) is 41.3 Å². The molecule has 3 heterocycles. The van der Waals surface area contributed by atoms with Crippen molar-refractivity contribution in [2.45, 2.75) is 101 Å². The van der Waals surface area contributed by atoms with Gasteiger partial charge in [-0.25, -0.2) is 4.79 Å². The summed E-state index contributed by atoms with van der Waals surface area (Å²) in [6.07, 6.45) is 5.43. The maximum Gasteiger partial charge on any atom is 0.482 e. The summed E-state index contributed by atoms with van der Waals surface area (Å²) in [6, 6.07) is 12.2. The minimum Gasteiger partial charge on any atom is -0.447 e. The second-order valence-corrected chi connectivity index (χ2v) is 12.9. The van der Waals surface area contributed by atoms with Gasteiger partial charge >= 0.3 is 13.2 Å². The average molecular weight is 519 g/mol. The maximum atomic E-state index is 13.2. The Morgan fingerprint density at radius 3 is 2.63 bits per heavy atom. The first-order valence-corrected chi connectivity index (χ1v) is 14.2. The van der Waals surface area contributed by atoms with Crippen LogP contribution in [0.4, 0.5) is 4.79 Å². The van der Waals surface area contributed by atoms with Crippen LogP contribution < -0.4 is 5.32 Å². The Balaban J connectivity index is 1.15. The van der Waals surface area contributed by atoms with Gasteiger partial charge in [0.15, 0.2) is 0 Å². The van der Waals surface area contributed by atoms with Crippen LogP contribution in [0.15, 0.2) is 30.3 Å². The first kappa shape index (κ1) is 25.7. The number of nitrogens with zero attached hydrogens (tertiary/aromatic N) is 2. The van der Waals surface area contributed by atoms with E-state index in [-0.39, 0.29) is 42.1 Å². The molecule has 7 rings (SSSR count). The number of ether oxygens (including phenoxy) is 1. The third-order valence-electron chi connectivity index (χ3n) is 10.6. The molecule has 3 aliphatic carbocycles. The normalized spacial score (nSPS) is 36.7. The van der Waals surface area contributed by atoms with Crippen molar-refractivity contribution >= 4 is 19.1 Å². The number of carbonyl (C=O) groups is 2. The van der Waals surface area contributed by atoms with E-state index in [0.29, 0.717) is 18.3 Å². The monoisotopic (exact) mass is 519 g/mol. The van der Waals surface area contributed by atoms with Gasteiger partial charge in [-0.15, -0.1) is 0 Å². The minimum absolute atomic E-state index is 0.0212. The van der Waals surface area contributed by atoms with E-state index in [2.05, 4.69) is 26.1 Å². The Bertz CT molecular complexity index is 1130. The summed E-state index contributed by atoms with van der Waals surface area (Å²) >= 11 is 0. The highest BCUT2D eigenvalue weighted by Gasteiger charge is 2.68. The lowest BCUT2D eigenvalue weighted by Crippen LogP contribution is -2.65. The molecule has 0 radical (unpaired) electrons. The van der Waals surface area contributed by atoms with E-state index >= 15 is 0 Å². The van der Waals surface area contributed by atoms with Crippen molar-refractivity contribution < 1.29 is 23.6 Å². The maximum absolute atomic E-state index is 13.2. The van der Waals surface area contributed by atoms with Gasteiger partial charge in [-0.2, -0.15) is 5.26 Å². The molecular formula is C29H38BN3O5. The van der Waals surface area contributed by atoms with Crippen molar-refractivity contribution in [3.63, 3.8) is 0 Å². The summed E-state index contributed by atoms with van der Waals surface area (Å²) in [5, 5.41) is 12.1. The van der Waals surface area contributed by atoms with Gasteiger partial charge < -0.3 is 24.3 Å². The number of hydrogen-bond donors (Lipinski definition) is 1. The van der Waals surface area contributed by atoms with Gasteiger partial charge in [0, 0.05) is 6.04 Å². The van der Waals surface area contributed by atoms with E-state index in [1.165, 1.54) is 6.42 Å². The SMILES string of the molecule is CC1(C)C2CC1[C@]1(C)OB(C(Cc3ccccc3)NC(=O)OCC34CCC(CC3)N4C(=O)CC#N)O[C@@H]1C2. The van der Waals surface area contributed by atoms with Crippen molar-refractivity contribution in [1.82, 2.24) is 10.2 Å². The standard InChI is InChI=1S/C29H38BN3O5/c1-27(2)20-16-22(27)28(3)23(17-20)37-30(38-28)24(15-19-7-5-4-6-8-19)32-26(35)36-18-29-12-9-21(10-13-29)33(29)25(34)11-14-31/h4-8,20-24H,9-13,15-18H2,1-3H3,(H,32,35)/t20?,21?,22?,23-,24?,28+,29?/m1/s1. The van der Waals surface area contributed by atoms with E-state index < -0.39 is 24.7 Å². The molecule has 0 spiro atoms. The number of carbonyl (C=O) groups excluding carboxylic acids is 2. The average Bonchev–Trinajstić information content (AvgIpc) is 3.56. The highest BCUT2D eigenvalue weighted by Crippen LogP contribution is 2.65. The molecule has 38 heavy (non-hydrogen) atoms. The van der Waals surface area contributed by atoms with Gasteiger partial charge in [-0.3, -0.25) is 4.79 Å². The first-order valence-electron chi connectivity index (χ1n) is 14.2. The molecule has 4 bridgehead atoms. The molecule has 0 aromatic heterocycles. The van der Waals surface area contributed by atoms with Gasteiger partial charge in [-0.1, -0.05) is 44.2 Å². The summed E-state index contributed by atoms with van der Waals surface area (Å²) in [6.45, 7) is 6.98. The Hall–Kier alpha value is -2.57. The lowest BCUT2D eigenvalue weighted by atomic mass is 9.43. The summed E-state index contributed by atoms with van der Waals surface area (Å²) in [5.74, 6) is 0.498. The number of benzene rings is 1. The van der Waals surface area contributed by atoms with E-state index in [4.69, 9.17) is 19.3 Å². The molecule has 8 nitrogen and oxygen atoms in total. The fourth-order valence-electron chi connectivity index (χ4n) is 8.41. The van der Waals surface area contributed by atoms with Gasteiger partial charge in [0.05, 0.1) is 29.3 Å².